The fourth-order valence-electron chi connectivity index (χ4n) is 1.92. The standard InChI is InChI=1S/C12H27N3/c1-11(2)15(4)10-7-13-12-5-8-14(3)9-6-12/h11-13H,5-10H2,1-4H3. The Balaban J connectivity index is 2.05. The summed E-state index contributed by atoms with van der Waals surface area (Å²) in [4.78, 5) is 4.81. The molecule has 1 heterocycles. The average molecular weight is 213 g/mol. The number of nitrogens with one attached hydrogen (secondary N) is 1. The summed E-state index contributed by atoms with van der Waals surface area (Å²) in [5.41, 5.74) is 0. The summed E-state index contributed by atoms with van der Waals surface area (Å²) in [6.45, 7) is 9.27. The summed E-state index contributed by atoms with van der Waals surface area (Å²) < 4.78 is 0. The number of likely N-dealkylation sites (tertiary alicyclic amines) is 1. The number of rotatable bonds is 5. The SMILES string of the molecule is CC(C)N(C)CCNC1CCN(C)CC1. The van der Waals surface area contributed by atoms with Gasteiger partial charge in [-0.05, 0) is 53.9 Å². The van der Waals surface area contributed by atoms with Crippen LogP contribution in [0, 0.1) is 0 Å². The third-order valence-corrected chi connectivity index (χ3v) is 3.50. The largest absolute Gasteiger partial charge is 0.313 e. The number of nitrogens with zero attached hydrogens (tertiary/aromatic N) is 2. The zero-order valence-electron chi connectivity index (χ0n) is 10.8. The van der Waals surface area contributed by atoms with Crippen molar-refractivity contribution in [2.75, 3.05) is 40.3 Å². The Kier molecular flexibility index (Phi) is 5.58. The maximum atomic E-state index is 3.66. The highest BCUT2D eigenvalue weighted by atomic mass is 15.1. The first-order chi connectivity index (χ1) is 7.09. The van der Waals surface area contributed by atoms with Crippen LogP contribution in [0.4, 0.5) is 0 Å². The Morgan fingerprint density at radius 3 is 2.47 bits per heavy atom. The first kappa shape index (κ1) is 12.9. The number of piperidine rings is 1. The number of hydrogen-bond donors (Lipinski definition) is 1. The predicted molar refractivity (Wildman–Crippen MR) is 66.3 cm³/mol. The molecule has 0 aliphatic carbocycles. The summed E-state index contributed by atoms with van der Waals surface area (Å²) in [6.07, 6.45) is 2.61. The first-order valence-corrected chi connectivity index (χ1v) is 6.21. The Morgan fingerprint density at radius 1 is 1.33 bits per heavy atom. The van der Waals surface area contributed by atoms with E-state index in [9.17, 15) is 0 Å². The van der Waals surface area contributed by atoms with Gasteiger partial charge in [-0.1, -0.05) is 0 Å². The van der Waals surface area contributed by atoms with Crippen molar-refractivity contribution in [3.63, 3.8) is 0 Å². The lowest BCUT2D eigenvalue weighted by Crippen LogP contribution is -2.43. The second kappa shape index (κ2) is 6.46. The maximum Gasteiger partial charge on any atom is 0.0107 e. The molecule has 0 unspecified atom stereocenters. The molecule has 3 nitrogen and oxygen atoms in total. The van der Waals surface area contributed by atoms with Crippen LogP contribution in [-0.2, 0) is 0 Å². The minimum absolute atomic E-state index is 0.657. The minimum Gasteiger partial charge on any atom is -0.313 e. The van der Waals surface area contributed by atoms with E-state index < -0.39 is 0 Å². The lowest BCUT2D eigenvalue weighted by Gasteiger charge is -2.30. The van der Waals surface area contributed by atoms with Gasteiger partial charge >= 0.3 is 0 Å². The van der Waals surface area contributed by atoms with Crippen LogP contribution in [-0.4, -0.2) is 62.2 Å². The van der Waals surface area contributed by atoms with Crippen LogP contribution >= 0.6 is 0 Å². The van der Waals surface area contributed by atoms with Crippen molar-refractivity contribution in [2.45, 2.75) is 38.8 Å². The lowest BCUT2D eigenvalue weighted by molar-refractivity contribution is 0.221. The van der Waals surface area contributed by atoms with E-state index in [0.717, 1.165) is 19.1 Å². The van der Waals surface area contributed by atoms with Crippen molar-refractivity contribution in [3.05, 3.63) is 0 Å². The summed E-state index contributed by atoms with van der Waals surface area (Å²) in [5.74, 6) is 0. The molecule has 1 fully saturated rings. The van der Waals surface area contributed by atoms with Crippen LogP contribution in [0.5, 0.6) is 0 Å². The summed E-state index contributed by atoms with van der Waals surface area (Å²) in [7, 11) is 4.41. The predicted octanol–water partition coefficient (Wildman–Crippen LogP) is 1.01. The quantitative estimate of drug-likeness (QED) is 0.735. The molecule has 1 N–H and O–H groups in total. The molecule has 15 heavy (non-hydrogen) atoms. The molecule has 1 saturated heterocycles. The molecule has 0 aromatic heterocycles. The molecule has 0 radical (unpaired) electrons. The number of hydrogen-bond acceptors (Lipinski definition) is 3. The van der Waals surface area contributed by atoms with Crippen LogP contribution in [0.25, 0.3) is 0 Å². The molecule has 0 amide bonds. The van der Waals surface area contributed by atoms with E-state index >= 15 is 0 Å². The van der Waals surface area contributed by atoms with Crippen molar-refractivity contribution >= 4 is 0 Å². The minimum atomic E-state index is 0.657. The molecular weight excluding hydrogens is 186 g/mol. The third-order valence-electron chi connectivity index (χ3n) is 3.50. The van der Waals surface area contributed by atoms with Gasteiger partial charge in [0, 0.05) is 25.2 Å². The van der Waals surface area contributed by atoms with Gasteiger partial charge in [-0.25, -0.2) is 0 Å². The van der Waals surface area contributed by atoms with Gasteiger partial charge in [0.25, 0.3) is 0 Å². The molecule has 1 aliphatic heterocycles. The second-order valence-electron chi connectivity index (χ2n) is 5.11. The fourth-order valence-corrected chi connectivity index (χ4v) is 1.92. The van der Waals surface area contributed by atoms with Gasteiger partial charge in [0.05, 0.1) is 0 Å². The maximum absolute atomic E-state index is 3.66. The molecular formula is C12H27N3. The summed E-state index contributed by atoms with van der Waals surface area (Å²) >= 11 is 0. The van der Waals surface area contributed by atoms with E-state index in [-0.39, 0.29) is 0 Å². The lowest BCUT2D eigenvalue weighted by atomic mass is 10.1. The number of likely N-dealkylation sites (N-methyl/N-ethyl adjacent to an activating group) is 1. The molecule has 0 bridgehead atoms. The van der Waals surface area contributed by atoms with E-state index in [1.165, 1.54) is 25.9 Å². The molecule has 0 spiro atoms. The zero-order chi connectivity index (χ0) is 11.3. The molecule has 1 rings (SSSR count). The zero-order valence-corrected chi connectivity index (χ0v) is 10.8. The van der Waals surface area contributed by atoms with E-state index in [1.807, 2.05) is 0 Å². The van der Waals surface area contributed by atoms with E-state index in [2.05, 4.69) is 43.1 Å². The van der Waals surface area contributed by atoms with Crippen molar-refractivity contribution in [3.8, 4) is 0 Å². The Hall–Kier alpha value is -0.120. The molecule has 0 aromatic rings. The molecule has 3 heteroatoms. The highest BCUT2D eigenvalue weighted by Gasteiger charge is 2.15. The highest BCUT2D eigenvalue weighted by Crippen LogP contribution is 2.07. The van der Waals surface area contributed by atoms with Crippen LogP contribution in [0.15, 0.2) is 0 Å². The van der Waals surface area contributed by atoms with Crippen LogP contribution in [0.3, 0.4) is 0 Å². The smallest absolute Gasteiger partial charge is 0.0107 e. The van der Waals surface area contributed by atoms with Gasteiger partial charge in [0.15, 0.2) is 0 Å². The summed E-state index contributed by atoms with van der Waals surface area (Å²) in [5, 5.41) is 3.66. The van der Waals surface area contributed by atoms with Gasteiger partial charge in [-0.2, -0.15) is 0 Å². The molecule has 90 valence electrons. The van der Waals surface area contributed by atoms with Crippen molar-refractivity contribution in [1.82, 2.24) is 15.1 Å². The highest BCUT2D eigenvalue weighted by molar-refractivity contribution is 4.75. The second-order valence-corrected chi connectivity index (χ2v) is 5.11. The Labute approximate surface area is 94.8 Å². The molecule has 0 saturated carbocycles. The van der Waals surface area contributed by atoms with Crippen LogP contribution in [0.2, 0.25) is 0 Å². The third kappa shape index (κ3) is 4.96. The molecule has 0 atom stereocenters. The Morgan fingerprint density at radius 2 is 1.93 bits per heavy atom. The average Bonchev–Trinajstić information content (AvgIpc) is 2.20. The van der Waals surface area contributed by atoms with E-state index in [1.54, 1.807) is 0 Å². The monoisotopic (exact) mass is 213 g/mol. The van der Waals surface area contributed by atoms with Crippen LogP contribution < -0.4 is 5.32 Å². The van der Waals surface area contributed by atoms with Gasteiger partial charge in [-0.15, -0.1) is 0 Å². The van der Waals surface area contributed by atoms with Crippen molar-refractivity contribution in [2.24, 2.45) is 0 Å². The van der Waals surface area contributed by atoms with Gasteiger partial charge in [0.2, 0.25) is 0 Å². The van der Waals surface area contributed by atoms with Gasteiger partial charge in [-0.3, -0.25) is 0 Å². The van der Waals surface area contributed by atoms with Crippen LogP contribution in [0.1, 0.15) is 26.7 Å². The fraction of sp³-hybridized carbons (Fsp3) is 1.00. The van der Waals surface area contributed by atoms with E-state index in [4.69, 9.17) is 0 Å². The molecule has 0 aromatic carbocycles. The van der Waals surface area contributed by atoms with Crippen molar-refractivity contribution < 1.29 is 0 Å². The first-order valence-electron chi connectivity index (χ1n) is 6.21. The summed E-state index contributed by atoms with van der Waals surface area (Å²) in [6, 6.07) is 1.41. The Bertz CT molecular complexity index is 162. The molecule has 1 aliphatic rings. The van der Waals surface area contributed by atoms with Crippen molar-refractivity contribution in [1.29, 1.82) is 0 Å². The van der Waals surface area contributed by atoms with Gasteiger partial charge < -0.3 is 15.1 Å². The normalized spacial score (nSPS) is 20.4. The topological polar surface area (TPSA) is 18.5 Å². The van der Waals surface area contributed by atoms with Gasteiger partial charge in [0.1, 0.15) is 0 Å². The van der Waals surface area contributed by atoms with E-state index in [0.29, 0.717) is 6.04 Å².